The van der Waals surface area contributed by atoms with Gasteiger partial charge in [-0.25, -0.2) is 17.5 Å². The summed E-state index contributed by atoms with van der Waals surface area (Å²) in [5, 5.41) is 2.63. The molecule has 0 aromatic heterocycles. The fourth-order valence-electron chi connectivity index (χ4n) is 2.23. The van der Waals surface area contributed by atoms with Gasteiger partial charge in [-0.2, -0.15) is 0 Å². The lowest BCUT2D eigenvalue weighted by atomic mass is 10.2. The van der Waals surface area contributed by atoms with Crippen molar-refractivity contribution in [1.29, 1.82) is 0 Å². The van der Waals surface area contributed by atoms with Crippen LogP contribution in [-0.4, -0.2) is 47.8 Å². The van der Waals surface area contributed by atoms with Gasteiger partial charge in [-0.1, -0.05) is 0 Å². The van der Waals surface area contributed by atoms with Crippen LogP contribution in [0, 0.1) is 5.82 Å². The second-order valence-electron chi connectivity index (χ2n) is 5.84. The first-order chi connectivity index (χ1) is 13.4. The molecule has 0 heterocycles. The summed E-state index contributed by atoms with van der Waals surface area (Å²) < 4.78 is 50.0. The van der Waals surface area contributed by atoms with E-state index in [0.29, 0.717) is 37.5 Å². The Kier molecular flexibility index (Phi) is 8.52. The average Bonchev–Trinajstić information content (AvgIpc) is 2.68. The summed E-state index contributed by atoms with van der Waals surface area (Å²) in [6.07, 6.45) is 0.536. The van der Waals surface area contributed by atoms with Gasteiger partial charge in [0, 0.05) is 31.5 Å². The van der Waals surface area contributed by atoms with Crippen LogP contribution in [0.15, 0.2) is 53.4 Å². The van der Waals surface area contributed by atoms with Crippen molar-refractivity contribution >= 4 is 21.6 Å². The molecule has 2 aromatic rings. The quantitative estimate of drug-likeness (QED) is 0.555. The number of hydrogen-bond acceptors (Lipinski definition) is 5. The molecule has 0 fully saturated rings. The van der Waals surface area contributed by atoms with Gasteiger partial charge in [0.15, 0.2) is 0 Å². The van der Waals surface area contributed by atoms with Crippen molar-refractivity contribution in [2.75, 3.05) is 38.8 Å². The maximum absolute atomic E-state index is 12.9. The third kappa shape index (κ3) is 7.01. The molecule has 0 radical (unpaired) electrons. The van der Waals surface area contributed by atoms with E-state index in [1.165, 1.54) is 48.5 Å². The van der Waals surface area contributed by atoms with E-state index < -0.39 is 21.7 Å². The maximum Gasteiger partial charge on any atom is 0.255 e. The molecule has 0 saturated heterocycles. The third-order valence-electron chi connectivity index (χ3n) is 3.72. The molecular weight excluding hydrogens is 387 g/mol. The van der Waals surface area contributed by atoms with Crippen LogP contribution in [0.2, 0.25) is 0 Å². The van der Waals surface area contributed by atoms with Crippen LogP contribution in [-0.2, 0) is 19.5 Å². The van der Waals surface area contributed by atoms with E-state index in [4.69, 9.17) is 9.47 Å². The van der Waals surface area contributed by atoms with E-state index in [1.807, 2.05) is 0 Å². The highest BCUT2D eigenvalue weighted by molar-refractivity contribution is 7.89. The normalized spacial score (nSPS) is 11.4. The first-order valence-corrected chi connectivity index (χ1v) is 10.1. The van der Waals surface area contributed by atoms with Crippen LogP contribution >= 0.6 is 0 Å². The predicted molar refractivity (Wildman–Crippen MR) is 103 cm³/mol. The molecule has 0 spiro atoms. The standard InChI is InChI=1S/C19H23FN2O5S/c1-26-13-14-27-12-2-11-21-28(24,25)18-9-7-17(8-10-18)22-19(23)15-3-5-16(20)6-4-15/h3-10,21H,2,11-14H2,1H3,(H,22,23). The van der Waals surface area contributed by atoms with Crippen molar-refractivity contribution in [2.45, 2.75) is 11.3 Å². The molecule has 28 heavy (non-hydrogen) atoms. The van der Waals surface area contributed by atoms with Crippen LogP contribution in [0.1, 0.15) is 16.8 Å². The summed E-state index contributed by atoms with van der Waals surface area (Å²) in [4.78, 5) is 12.2. The van der Waals surface area contributed by atoms with Gasteiger partial charge in [0.2, 0.25) is 10.0 Å². The van der Waals surface area contributed by atoms with Gasteiger partial charge >= 0.3 is 0 Å². The Balaban J connectivity index is 1.85. The van der Waals surface area contributed by atoms with E-state index in [0.717, 1.165) is 0 Å². The predicted octanol–water partition coefficient (Wildman–Crippen LogP) is 2.41. The number of benzene rings is 2. The molecule has 0 saturated carbocycles. The van der Waals surface area contributed by atoms with E-state index in [9.17, 15) is 17.6 Å². The Morgan fingerprint density at radius 3 is 2.32 bits per heavy atom. The fraction of sp³-hybridized carbons (Fsp3) is 0.316. The molecular formula is C19H23FN2O5S. The van der Waals surface area contributed by atoms with Gasteiger partial charge in [0.05, 0.1) is 18.1 Å². The van der Waals surface area contributed by atoms with Crippen molar-refractivity contribution in [1.82, 2.24) is 4.72 Å². The molecule has 1 amide bonds. The van der Waals surface area contributed by atoms with Crippen molar-refractivity contribution < 1.29 is 27.1 Å². The molecule has 2 N–H and O–H groups in total. The van der Waals surface area contributed by atoms with E-state index >= 15 is 0 Å². The summed E-state index contributed by atoms with van der Waals surface area (Å²) in [5.74, 6) is -0.845. The van der Waals surface area contributed by atoms with Crippen molar-refractivity contribution in [2.24, 2.45) is 0 Å². The Morgan fingerprint density at radius 1 is 1.00 bits per heavy atom. The number of ether oxygens (including phenoxy) is 2. The number of sulfonamides is 1. The maximum atomic E-state index is 12.9. The molecule has 0 aliphatic carbocycles. The molecule has 0 aliphatic heterocycles. The van der Waals surface area contributed by atoms with Crippen LogP contribution in [0.25, 0.3) is 0 Å². The van der Waals surface area contributed by atoms with Gasteiger partial charge in [0.1, 0.15) is 5.82 Å². The minimum absolute atomic E-state index is 0.0904. The average molecular weight is 410 g/mol. The highest BCUT2D eigenvalue weighted by Gasteiger charge is 2.13. The number of halogens is 1. The Morgan fingerprint density at radius 2 is 1.68 bits per heavy atom. The number of carbonyl (C=O) groups is 1. The number of nitrogens with one attached hydrogen (secondary N) is 2. The van der Waals surface area contributed by atoms with Crippen LogP contribution in [0.4, 0.5) is 10.1 Å². The SMILES string of the molecule is COCCOCCCNS(=O)(=O)c1ccc(NC(=O)c2ccc(F)cc2)cc1. The van der Waals surface area contributed by atoms with Gasteiger partial charge in [-0.15, -0.1) is 0 Å². The fourth-order valence-corrected chi connectivity index (χ4v) is 3.30. The number of carbonyl (C=O) groups excluding carboxylic acids is 1. The molecule has 0 unspecified atom stereocenters. The van der Waals surface area contributed by atoms with E-state index in [-0.39, 0.29) is 11.4 Å². The van der Waals surface area contributed by atoms with Gasteiger partial charge in [-0.05, 0) is 55.0 Å². The topological polar surface area (TPSA) is 93.7 Å². The minimum Gasteiger partial charge on any atom is -0.382 e. The Bertz CT molecular complexity index is 855. The largest absolute Gasteiger partial charge is 0.382 e. The van der Waals surface area contributed by atoms with Crippen LogP contribution < -0.4 is 10.0 Å². The minimum atomic E-state index is -3.64. The number of hydrogen-bond donors (Lipinski definition) is 2. The molecule has 152 valence electrons. The lowest BCUT2D eigenvalue weighted by molar-refractivity contribution is 0.0699. The second kappa shape index (κ2) is 10.9. The molecule has 2 rings (SSSR count). The molecule has 0 atom stereocenters. The summed E-state index contributed by atoms with van der Waals surface area (Å²) in [6.45, 7) is 1.64. The van der Waals surface area contributed by atoms with Gasteiger partial charge in [-0.3, -0.25) is 4.79 Å². The first kappa shape index (κ1) is 22.0. The number of anilines is 1. The number of methoxy groups -OCH3 is 1. The van der Waals surface area contributed by atoms with Crippen LogP contribution in [0.3, 0.4) is 0 Å². The third-order valence-corrected chi connectivity index (χ3v) is 5.20. The zero-order valence-corrected chi connectivity index (χ0v) is 16.3. The molecule has 0 bridgehead atoms. The zero-order chi connectivity index (χ0) is 20.4. The van der Waals surface area contributed by atoms with E-state index in [2.05, 4.69) is 10.0 Å². The number of rotatable bonds is 11. The summed E-state index contributed by atoms with van der Waals surface area (Å²) in [6, 6.07) is 10.9. The number of amides is 1. The summed E-state index contributed by atoms with van der Waals surface area (Å²) in [7, 11) is -2.06. The summed E-state index contributed by atoms with van der Waals surface area (Å²) in [5.41, 5.74) is 0.729. The smallest absolute Gasteiger partial charge is 0.255 e. The van der Waals surface area contributed by atoms with Crippen LogP contribution in [0.5, 0.6) is 0 Å². The molecule has 7 nitrogen and oxygen atoms in total. The van der Waals surface area contributed by atoms with Crippen molar-refractivity contribution in [3.8, 4) is 0 Å². The Hall–Kier alpha value is -2.33. The molecule has 9 heteroatoms. The summed E-state index contributed by atoms with van der Waals surface area (Å²) >= 11 is 0. The monoisotopic (exact) mass is 410 g/mol. The first-order valence-electron chi connectivity index (χ1n) is 8.66. The lowest BCUT2D eigenvalue weighted by Gasteiger charge is -2.09. The van der Waals surface area contributed by atoms with Crippen molar-refractivity contribution in [3.05, 3.63) is 59.9 Å². The lowest BCUT2D eigenvalue weighted by Crippen LogP contribution is -2.25. The Labute approximate surface area is 163 Å². The zero-order valence-electron chi connectivity index (χ0n) is 15.5. The highest BCUT2D eigenvalue weighted by atomic mass is 32.2. The second-order valence-corrected chi connectivity index (χ2v) is 7.61. The molecule has 2 aromatic carbocycles. The van der Waals surface area contributed by atoms with Gasteiger partial charge < -0.3 is 14.8 Å². The van der Waals surface area contributed by atoms with Gasteiger partial charge in [0.25, 0.3) is 5.91 Å². The molecule has 0 aliphatic rings. The van der Waals surface area contributed by atoms with E-state index in [1.54, 1.807) is 7.11 Å². The van der Waals surface area contributed by atoms with Crippen molar-refractivity contribution in [3.63, 3.8) is 0 Å². The highest BCUT2D eigenvalue weighted by Crippen LogP contribution is 2.15.